The number of aromatic nitrogens is 3. The molecule has 0 aliphatic carbocycles. The molecule has 5 heterocycles. The number of thiazole rings is 1. The Hall–Kier alpha value is -2.81. The molecule has 2 aliphatic rings. The van der Waals surface area contributed by atoms with E-state index in [1.54, 1.807) is 23.3 Å². The number of carbonyl (C=O) groups excluding carboxylic acids is 1. The highest BCUT2D eigenvalue weighted by Crippen LogP contribution is 2.49. The summed E-state index contributed by atoms with van der Waals surface area (Å²) in [7, 11) is 0. The summed E-state index contributed by atoms with van der Waals surface area (Å²) < 4.78 is 2.34. The van der Waals surface area contributed by atoms with Crippen molar-refractivity contribution in [3.8, 4) is 10.4 Å². The fourth-order valence-electron chi connectivity index (χ4n) is 5.27. The number of hydrogen-bond acceptors (Lipinski definition) is 7. The number of piperidine rings is 1. The van der Waals surface area contributed by atoms with E-state index in [2.05, 4.69) is 32.7 Å². The van der Waals surface area contributed by atoms with Gasteiger partial charge in [-0.05, 0) is 36.1 Å². The summed E-state index contributed by atoms with van der Waals surface area (Å²) in [5.41, 5.74) is 5.36. The fourth-order valence-corrected chi connectivity index (χ4v) is 6.52. The van der Waals surface area contributed by atoms with Crippen molar-refractivity contribution >= 4 is 45.7 Å². The van der Waals surface area contributed by atoms with E-state index < -0.39 is 5.41 Å². The van der Waals surface area contributed by atoms with E-state index >= 15 is 0 Å². The zero-order valence-corrected chi connectivity index (χ0v) is 19.9. The molecule has 2 aliphatic heterocycles. The molecule has 1 amide bonds. The van der Waals surface area contributed by atoms with Crippen LogP contribution in [0.25, 0.3) is 21.2 Å². The van der Waals surface area contributed by atoms with Crippen molar-refractivity contribution in [1.82, 2.24) is 19.3 Å². The van der Waals surface area contributed by atoms with Gasteiger partial charge < -0.3 is 4.90 Å². The summed E-state index contributed by atoms with van der Waals surface area (Å²) in [5, 5.41) is 2.22. The molecule has 1 fully saturated rings. The molecule has 4 aromatic rings. The van der Waals surface area contributed by atoms with Crippen molar-refractivity contribution in [3.63, 3.8) is 0 Å². The first-order chi connectivity index (χ1) is 16.2. The van der Waals surface area contributed by atoms with E-state index in [-0.39, 0.29) is 5.91 Å². The standard InChI is InChI=1S/C25H23N5OS2/c1-32-29-10-7-25(8-11-29)19-6-9-26-13-21(19)30(24(25)31)15-20-23(22-14-27-16-33-22)18-5-3-2-4-17(18)12-28-20/h2-6,9,12-14,16H,7-8,10-11,15H2,1H3. The van der Waals surface area contributed by atoms with Gasteiger partial charge in [0.1, 0.15) is 0 Å². The van der Waals surface area contributed by atoms with E-state index in [4.69, 9.17) is 4.98 Å². The van der Waals surface area contributed by atoms with E-state index in [0.717, 1.165) is 64.1 Å². The normalized spacial score (nSPS) is 17.7. The first kappa shape index (κ1) is 20.8. The lowest BCUT2D eigenvalue weighted by molar-refractivity contribution is -0.124. The van der Waals surface area contributed by atoms with Gasteiger partial charge in [0.25, 0.3) is 0 Å². The molecule has 8 heteroatoms. The fraction of sp³-hybridized carbons (Fsp3) is 0.280. The molecule has 0 bridgehead atoms. The van der Waals surface area contributed by atoms with Gasteiger partial charge >= 0.3 is 0 Å². The average molecular weight is 474 g/mol. The molecule has 1 spiro atoms. The van der Waals surface area contributed by atoms with Crippen LogP contribution in [0.1, 0.15) is 24.1 Å². The van der Waals surface area contributed by atoms with Crippen molar-refractivity contribution in [2.45, 2.75) is 24.8 Å². The second-order valence-corrected chi connectivity index (χ2v) is 10.3. The van der Waals surface area contributed by atoms with E-state index in [9.17, 15) is 4.79 Å². The number of nitrogens with zero attached hydrogens (tertiary/aromatic N) is 5. The molecule has 6 rings (SSSR count). The first-order valence-electron chi connectivity index (χ1n) is 11.0. The van der Waals surface area contributed by atoms with Gasteiger partial charge in [-0.15, -0.1) is 11.3 Å². The minimum atomic E-state index is -0.466. The SMILES string of the molecule is CSN1CCC2(CC1)C(=O)N(Cc1ncc3ccccc3c1-c1cncs1)c1cnccc12. The minimum Gasteiger partial charge on any atom is -0.304 e. The number of hydrogen-bond donors (Lipinski definition) is 0. The topological polar surface area (TPSA) is 62.2 Å². The summed E-state index contributed by atoms with van der Waals surface area (Å²) in [4.78, 5) is 30.5. The third-order valence-electron chi connectivity index (χ3n) is 6.96. The lowest BCUT2D eigenvalue weighted by atomic mass is 9.74. The number of carbonyl (C=O) groups is 1. The Morgan fingerprint density at radius 3 is 2.73 bits per heavy atom. The van der Waals surface area contributed by atoms with Gasteiger partial charge in [0.2, 0.25) is 5.91 Å². The summed E-state index contributed by atoms with van der Waals surface area (Å²) in [5.74, 6) is 0.177. The average Bonchev–Trinajstić information content (AvgIpc) is 3.47. The van der Waals surface area contributed by atoms with Gasteiger partial charge in [-0.2, -0.15) is 0 Å². The van der Waals surface area contributed by atoms with E-state index in [1.807, 2.05) is 53.4 Å². The predicted molar refractivity (Wildman–Crippen MR) is 134 cm³/mol. The van der Waals surface area contributed by atoms with Crippen LogP contribution in [0.4, 0.5) is 5.69 Å². The summed E-state index contributed by atoms with van der Waals surface area (Å²) in [6.07, 6.45) is 11.2. The highest BCUT2D eigenvalue weighted by atomic mass is 32.2. The highest BCUT2D eigenvalue weighted by molar-refractivity contribution is 7.96. The Morgan fingerprint density at radius 1 is 1.09 bits per heavy atom. The van der Waals surface area contributed by atoms with Crippen LogP contribution in [0, 0.1) is 0 Å². The molecule has 0 unspecified atom stereocenters. The molecule has 6 nitrogen and oxygen atoms in total. The van der Waals surface area contributed by atoms with Crippen molar-refractivity contribution in [2.24, 2.45) is 0 Å². The van der Waals surface area contributed by atoms with Gasteiger partial charge in [-0.25, -0.2) is 0 Å². The lowest BCUT2D eigenvalue weighted by Crippen LogP contribution is -2.47. The monoisotopic (exact) mass is 473 g/mol. The van der Waals surface area contributed by atoms with Gasteiger partial charge in [0.15, 0.2) is 0 Å². The van der Waals surface area contributed by atoms with Crippen LogP contribution >= 0.6 is 23.3 Å². The van der Waals surface area contributed by atoms with Gasteiger partial charge in [0.05, 0.1) is 39.9 Å². The van der Waals surface area contributed by atoms with Crippen LogP contribution in [0.5, 0.6) is 0 Å². The van der Waals surface area contributed by atoms with Crippen LogP contribution in [0.2, 0.25) is 0 Å². The third kappa shape index (κ3) is 3.27. The van der Waals surface area contributed by atoms with Gasteiger partial charge in [0, 0.05) is 42.6 Å². The van der Waals surface area contributed by atoms with Crippen LogP contribution in [-0.4, -0.2) is 44.5 Å². The molecular formula is C25H23N5OS2. The molecule has 166 valence electrons. The Kier molecular flexibility index (Phi) is 5.16. The number of anilines is 1. The second-order valence-electron chi connectivity index (χ2n) is 8.51. The minimum absolute atomic E-state index is 0.177. The maximum atomic E-state index is 14.0. The number of benzene rings is 1. The number of fused-ring (bicyclic) bond motifs is 3. The van der Waals surface area contributed by atoms with Crippen molar-refractivity contribution in [3.05, 3.63) is 71.9 Å². The zero-order valence-electron chi connectivity index (χ0n) is 18.3. The van der Waals surface area contributed by atoms with Crippen LogP contribution < -0.4 is 4.90 Å². The van der Waals surface area contributed by atoms with Crippen LogP contribution in [-0.2, 0) is 16.8 Å². The summed E-state index contributed by atoms with van der Waals surface area (Å²) >= 11 is 3.36. The predicted octanol–water partition coefficient (Wildman–Crippen LogP) is 4.91. The van der Waals surface area contributed by atoms with Crippen molar-refractivity contribution < 1.29 is 4.79 Å². The Labute approximate surface area is 200 Å². The largest absolute Gasteiger partial charge is 0.304 e. The van der Waals surface area contributed by atoms with Crippen molar-refractivity contribution in [1.29, 1.82) is 0 Å². The number of rotatable bonds is 4. The zero-order chi connectivity index (χ0) is 22.4. The molecular weight excluding hydrogens is 450 g/mol. The quantitative estimate of drug-likeness (QED) is 0.393. The van der Waals surface area contributed by atoms with Gasteiger partial charge in [-0.3, -0.25) is 24.1 Å². The maximum absolute atomic E-state index is 14.0. The smallest absolute Gasteiger partial charge is 0.238 e. The molecule has 3 aromatic heterocycles. The molecule has 1 saturated heterocycles. The molecule has 0 N–H and O–H groups in total. The Morgan fingerprint density at radius 2 is 1.94 bits per heavy atom. The molecule has 33 heavy (non-hydrogen) atoms. The molecule has 1 aromatic carbocycles. The maximum Gasteiger partial charge on any atom is 0.238 e. The lowest BCUT2D eigenvalue weighted by Gasteiger charge is -2.37. The number of pyridine rings is 2. The second kappa shape index (κ2) is 8.20. The van der Waals surface area contributed by atoms with Crippen molar-refractivity contribution in [2.75, 3.05) is 24.2 Å². The first-order valence-corrected chi connectivity index (χ1v) is 13.1. The van der Waals surface area contributed by atoms with Crippen LogP contribution in [0.15, 0.2) is 60.6 Å². The molecule has 0 saturated carbocycles. The van der Waals surface area contributed by atoms with Gasteiger partial charge in [-0.1, -0.05) is 36.2 Å². The Bertz CT molecular complexity index is 1330. The Balaban J connectivity index is 1.45. The highest BCUT2D eigenvalue weighted by Gasteiger charge is 2.52. The molecule has 0 atom stereocenters. The van der Waals surface area contributed by atoms with E-state index in [0.29, 0.717) is 6.54 Å². The summed E-state index contributed by atoms with van der Waals surface area (Å²) in [6.45, 7) is 2.23. The van der Waals surface area contributed by atoms with E-state index in [1.165, 1.54) is 0 Å². The molecule has 0 radical (unpaired) electrons. The van der Waals surface area contributed by atoms with Crippen LogP contribution in [0.3, 0.4) is 0 Å². The summed E-state index contributed by atoms with van der Waals surface area (Å²) in [6, 6.07) is 10.3. The number of amides is 1. The third-order valence-corrected chi connectivity index (χ3v) is 8.63.